The second kappa shape index (κ2) is 10.1. The van der Waals surface area contributed by atoms with E-state index < -0.39 is 15.9 Å². The van der Waals surface area contributed by atoms with Crippen molar-refractivity contribution in [3.63, 3.8) is 0 Å². The van der Waals surface area contributed by atoms with Gasteiger partial charge in [0.25, 0.3) is 15.9 Å². The summed E-state index contributed by atoms with van der Waals surface area (Å²) >= 11 is 19.4. The highest BCUT2D eigenvalue weighted by Gasteiger charge is 2.30. The molecule has 0 saturated carbocycles. The number of allylic oxidation sites excluding steroid dienone is 2. The lowest BCUT2D eigenvalue weighted by atomic mass is 10.0. The van der Waals surface area contributed by atoms with Gasteiger partial charge in [-0.3, -0.25) is 13.8 Å². The number of hydrogen-bond donors (Lipinski definition) is 3. The van der Waals surface area contributed by atoms with E-state index in [1.807, 2.05) is 13.0 Å². The maximum atomic E-state index is 13.2. The molecule has 3 N–H and O–H groups in total. The van der Waals surface area contributed by atoms with Gasteiger partial charge in [-0.2, -0.15) is 0 Å². The van der Waals surface area contributed by atoms with Crippen LogP contribution >= 0.6 is 46.9 Å². The Morgan fingerprint density at radius 2 is 1.94 bits per heavy atom. The van der Waals surface area contributed by atoms with Crippen molar-refractivity contribution in [1.82, 2.24) is 14.3 Å². The number of rotatable bonds is 7. The summed E-state index contributed by atoms with van der Waals surface area (Å²) in [4.78, 5) is 13.1. The summed E-state index contributed by atoms with van der Waals surface area (Å²) in [5.74, 6) is -0.536. The van der Waals surface area contributed by atoms with Gasteiger partial charge in [0, 0.05) is 24.0 Å². The Labute approximate surface area is 217 Å². The molecule has 0 saturated heterocycles. The molecule has 12 heteroatoms. The zero-order chi connectivity index (χ0) is 24.5. The number of sulfonamides is 1. The zero-order valence-corrected chi connectivity index (χ0v) is 21.6. The van der Waals surface area contributed by atoms with Gasteiger partial charge in [0.1, 0.15) is 4.91 Å². The molecule has 2 aliphatic rings. The van der Waals surface area contributed by atoms with Gasteiger partial charge >= 0.3 is 0 Å². The molecular formula is C22H19Cl3N4O3S2. The number of hydrogen-bond acceptors (Lipinski definition) is 6. The summed E-state index contributed by atoms with van der Waals surface area (Å²) < 4.78 is 33.5. The number of fused-ring (bicyclic) bond motifs is 1. The van der Waals surface area contributed by atoms with Crippen LogP contribution < -0.4 is 14.8 Å². The molecule has 0 spiro atoms. The molecule has 2 aromatic carbocycles. The monoisotopic (exact) mass is 556 g/mol. The van der Waals surface area contributed by atoms with Gasteiger partial charge in [0.2, 0.25) is 0 Å². The molecule has 0 radical (unpaired) electrons. The number of nitrogens with zero attached hydrogens (tertiary/aromatic N) is 1. The van der Waals surface area contributed by atoms with Crippen molar-refractivity contribution in [2.24, 2.45) is 0 Å². The molecule has 4 rings (SSSR count). The number of halogens is 3. The van der Waals surface area contributed by atoms with E-state index in [2.05, 4.69) is 14.8 Å². The molecule has 0 fully saturated rings. The van der Waals surface area contributed by atoms with Crippen LogP contribution in [0.3, 0.4) is 0 Å². The van der Waals surface area contributed by atoms with Gasteiger partial charge in [0.05, 0.1) is 39.1 Å². The van der Waals surface area contributed by atoms with E-state index in [9.17, 15) is 13.2 Å². The first-order chi connectivity index (χ1) is 16.2. The molecule has 178 valence electrons. The molecular weight excluding hydrogens is 539 g/mol. The lowest BCUT2D eigenvalue weighted by Gasteiger charge is -2.21. The largest absolute Gasteiger partial charge is 0.351 e. The number of anilines is 1. The van der Waals surface area contributed by atoms with Crippen LogP contribution in [-0.4, -0.2) is 25.2 Å². The Morgan fingerprint density at radius 3 is 2.71 bits per heavy atom. The van der Waals surface area contributed by atoms with Gasteiger partial charge in [-0.25, -0.2) is 8.42 Å². The van der Waals surface area contributed by atoms with Crippen LogP contribution in [0.5, 0.6) is 0 Å². The molecule has 0 bridgehead atoms. The van der Waals surface area contributed by atoms with Crippen molar-refractivity contribution in [2.45, 2.75) is 12.8 Å². The zero-order valence-electron chi connectivity index (χ0n) is 17.7. The van der Waals surface area contributed by atoms with Crippen molar-refractivity contribution in [3.8, 4) is 0 Å². The topological polar surface area (TPSA) is 90.5 Å². The molecule has 0 aliphatic carbocycles. The third-order valence-corrected chi connectivity index (χ3v) is 8.27. The molecule has 1 unspecified atom stereocenters. The van der Waals surface area contributed by atoms with E-state index in [1.165, 1.54) is 36.4 Å². The van der Waals surface area contributed by atoms with Crippen LogP contribution in [0, 0.1) is 0 Å². The smallest absolute Gasteiger partial charge is 0.264 e. The van der Waals surface area contributed by atoms with Crippen LogP contribution in [-0.2, 0) is 10.0 Å². The highest BCUT2D eigenvalue weighted by atomic mass is 35.5. The van der Waals surface area contributed by atoms with E-state index in [0.717, 1.165) is 5.56 Å². The molecule has 0 aromatic heterocycles. The first kappa shape index (κ1) is 24.8. The number of carbonyl (C=O) groups excluding carboxylic acids is 1. The summed E-state index contributed by atoms with van der Waals surface area (Å²) in [6.45, 7) is 2.22. The molecule has 2 aromatic rings. The predicted octanol–water partition coefficient (Wildman–Crippen LogP) is 5.64. The predicted molar refractivity (Wildman–Crippen MR) is 139 cm³/mol. The fraction of sp³-hybridized carbons (Fsp3) is 0.136. The quantitative estimate of drug-likeness (QED) is 0.382. The van der Waals surface area contributed by atoms with Crippen LogP contribution in [0.4, 0.5) is 5.69 Å². The second-order valence-electron chi connectivity index (χ2n) is 7.52. The van der Waals surface area contributed by atoms with Crippen molar-refractivity contribution >= 4 is 68.6 Å². The first-order valence-electron chi connectivity index (χ1n) is 10.0. The van der Waals surface area contributed by atoms with Crippen LogP contribution in [0.25, 0.3) is 0 Å². The standard InChI is InChI=1S/C22H19Cl3N4O3S2/c1-13(14-4-6-17(24)18(25)9-14)11-26-22(30)16-10-15(23)5-7-19(16)28-34(31,32)21-3-2-8-29-20(21)12-27-33-29/h2-10,12-13,27-28H,11H2,1H3,(H,26,30). The van der Waals surface area contributed by atoms with Gasteiger partial charge in [0.15, 0.2) is 0 Å². The second-order valence-corrected chi connectivity index (χ2v) is 11.2. The third kappa shape index (κ3) is 5.34. The number of benzene rings is 2. The van der Waals surface area contributed by atoms with Crippen LogP contribution in [0.1, 0.15) is 28.8 Å². The maximum Gasteiger partial charge on any atom is 0.264 e. The minimum atomic E-state index is -4.00. The Morgan fingerprint density at radius 1 is 1.15 bits per heavy atom. The maximum absolute atomic E-state index is 13.2. The van der Waals surface area contributed by atoms with Gasteiger partial charge in [-0.15, -0.1) is 0 Å². The molecule has 7 nitrogen and oxygen atoms in total. The summed E-state index contributed by atoms with van der Waals surface area (Å²) in [5, 5.41) is 4.02. The Bertz CT molecular complexity index is 1340. The lowest BCUT2D eigenvalue weighted by Crippen LogP contribution is -2.29. The van der Waals surface area contributed by atoms with E-state index in [-0.39, 0.29) is 28.6 Å². The highest BCUT2D eigenvalue weighted by molar-refractivity contribution is 7.97. The average molecular weight is 558 g/mol. The summed E-state index contributed by atoms with van der Waals surface area (Å²) in [6, 6.07) is 9.69. The molecule has 2 aliphatic heterocycles. The van der Waals surface area contributed by atoms with Gasteiger partial charge < -0.3 is 10.0 Å². The molecule has 1 amide bonds. The molecule has 34 heavy (non-hydrogen) atoms. The number of amides is 1. The number of nitrogens with one attached hydrogen (secondary N) is 3. The van der Waals surface area contributed by atoms with Gasteiger partial charge in [-0.05, 0) is 54.0 Å². The van der Waals surface area contributed by atoms with Gasteiger partial charge in [-0.1, -0.05) is 47.8 Å². The fourth-order valence-corrected chi connectivity index (χ4v) is 5.80. The van der Waals surface area contributed by atoms with E-state index >= 15 is 0 Å². The third-order valence-electron chi connectivity index (χ3n) is 5.15. The van der Waals surface area contributed by atoms with Crippen molar-refractivity contribution in [1.29, 1.82) is 0 Å². The summed E-state index contributed by atoms with van der Waals surface area (Å²) in [7, 11) is -4.00. The van der Waals surface area contributed by atoms with Crippen molar-refractivity contribution < 1.29 is 13.2 Å². The average Bonchev–Trinajstić information content (AvgIpc) is 3.29. The molecule has 2 heterocycles. The Kier molecular flexibility index (Phi) is 7.39. The van der Waals surface area contributed by atoms with E-state index in [1.54, 1.807) is 34.9 Å². The minimum Gasteiger partial charge on any atom is -0.351 e. The van der Waals surface area contributed by atoms with Crippen LogP contribution in [0.15, 0.2) is 71.6 Å². The lowest BCUT2D eigenvalue weighted by molar-refractivity contribution is 0.0952. The minimum absolute atomic E-state index is 0.0671. The van der Waals surface area contributed by atoms with Crippen molar-refractivity contribution in [2.75, 3.05) is 11.3 Å². The highest BCUT2D eigenvalue weighted by Crippen LogP contribution is 2.34. The van der Waals surface area contributed by atoms with Crippen LogP contribution in [0.2, 0.25) is 15.1 Å². The Hall–Kier alpha value is -2.30. The Balaban J connectivity index is 1.52. The summed E-state index contributed by atoms with van der Waals surface area (Å²) in [6.07, 6.45) is 6.46. The first-order valence-corrected chi connectivity index (χ1v) is 13.4. The normalized spacial score (nSPS) is 15.7. The fourth-order valence-electron chi connectivity index (χ4n) is 3.33. The van der Waals surface area contributed by atoms with E-state index in [4.69, 9.17) is 34.8 Å². The SMILES string of the molecule is CC(CNC(=O)c1cc(Cl)ccc1NS(=O)(=O)C1=CC=CN2SNC=C12)c1ccc(Cl)c(Cl)c1. The van der Waals surface area contributed by atoms with Crippen molar-refractivity contribution in [3.05, 3.63) is 97.7 Å². The summed E-state index contributed by atoms with van der Waals surface area (Å²) in [5.41, 5.74) is 1.61. The van der Waals surface area contributed by atoms with E-state index in [0.29, 0.717) is 20.8 Å². The molecule has 1 atom stereocenters. The number of carbonyl (C=O) groups is 1.